The van der Waals surface area contributed by atoms with Gasteiger partial charge in [0.15, 0.2) is 0 Å². The molecule has 90 valence electrons. The van der Waals surface area contributed by atoms with E-state index in [-0.39, 0.29) is 0 Å². The summed E-state index contributed by atoms with van der Waals surface area (Å²) < 4.78 is 0. The van der Waals surface area contributed by atoms with Crippen LogP contribution in [-0.2, 0) is 0 Å². The van der Waals surface area contributed by atoms with Gasteiger partial charge in [-0.15, -0.1) is 0 Å². The van der Waals surface area contributed by atoms with Crippen molar-refractivity contribution in [3.63, 3.8) is 0 Å². The molecule has 0 aliphatic rings. The van der Waals surface area contributed by atoms with E-state index in [2.05, 4.69) is 6.92 Å². The number of nitrogens with two attached hydrogens (primary N) is 1. The predicted molar refractivity (Wildman–Crippen MR) is 69.8 cm³/mol. The average Bonchev–Trinajstić information content (AvgIpc) is 2.26. The first-order valence-corrected chi connectivity index (χ1v) is 6.72. The third-order valence-electron chi connectivity index (χ3n) is 2.94. The van der Waals surface area contributed by atoms with Gasteiger partial charge in [-0.2, -0.15) is 0 Å². The van der Waals surface area contributed by atoms with Crippen molar-refractivity contribution in [3.05, 3.63) is 11.8 Å². The van der Waals surface area contributed by atoms with Crippen LogP contribution in [0.4, 0.5) is 0 Å². The Bertz CT molecular complexity index is 149. The molecule has 0 saturated heterocycles. The fourth-order valence-corrected chi connectivity index (χ4v) is 1.78. The van der Waals surface area contributed by atoms with E-state index in [1.165, 1.54) is 57.8 Å². The minimum Gasteiger partial charge on any atom is -0.402 e. The zero-order valence-corrected chi connectivity index (χ0v) is 10.7. The molecule has 0 rings (SSSR count). The SMILES string of the molecule is CC=C(N)CCCCCCCCCCC. The van der Waals surface area contributed by atoms with Gasteiger partial charge in [0, 0.05) is 5.70 Å². The highest BCUT2D eigenvalue weighted by Crippen LogP contribution is 2.11. The Morgan fingerprint density at radius 2 is 1.33 bits per heavy atom. The molecule has 0 amide bonds. The van der Waals surface area contributed by atoms with Crippen molar-refractivity contribution in [3.8, 4) is 0 Å². The number of hydrogen-bond acceptors (Lipinski definition) is 1. The minimum absolute atomic E-state index is 1.05. The van der Waals surface area contributed by atoms with Crippen molar-refractivity contribution in [2.45, 2.75) is 78.1 Å². The number of hydrogen-bond donors (Lipinski definition) is 1. The average molecular weight is 211 g/mol. The fourth-order valence-electron chi connectivity index (χ4n) is 1.78. The smallest absolute Gasteiger partial charge is 0.00371 e. The first kappa shape index (κ1) is 14.5. The van der Waals surface area contributed by atoms with Crippen molar-refractivity contribution < 1.29 is 0 Å². The van der Waals surface area contributed by atoms with E-state index in [4.69, 9.17) is 5.73 Å². The van der Waals surface area contributed by atoms with Gasteiger partial charge in [-0.1, -0.05) is 64.4 Å². The van der Waals surface area contributed by atoms with Crippen molar-refractivity contribution in [1.29, 1.82) is 0 Å². The third kappa shape index (κ3) is 11.5. The molecular formula is C14H29N. The maximum Gasteiger partial charge on any atom is 0.00371 e. The molecule has 15 heavy (non-hydrogen) atoms. The van der Waals surface area contributed by atoms with Crippen molar-refractivity contribution in [2.75, 3.05) is 0 Å². The maximum atomic E-state index is 5.73. The fraction of sp³-hybridized carbons (Fsp3) is 0.857. The Kier molecular flexibility index (Phi) is 11.3. The van der Waals surface area contributed by atoms with Gasteiger partial charge >= 0.3 is 0 Å². The molecule has 0 bridgehead atoms. The van der Waals surface area contributed by atoms with Gasteiger partial charge in [0.05, 0.1) is 0 Å². The van der Waals surface area contributed by atoms with Crippen molar-refractivity contribution in [1.82, 2.24) is 0 Å². The Morgan fingerprint density at radius 1 is 0.867 bits per heavy atom. The predicted octanol–water partition coefficient (Wildman–Crippen LogP) is 4.77. The topological polar surface area (TPSA) is 26.0 Å². The molecule has 0 aromatic rings. The van der Waals surface area contributed by atoms with Crippen LogP contribution in [-0.4, -0.2) is 0 Å². The summed E-state index contributed by atoms with van der Waals surface area (Å²) in [5, 5.41) is 0. The van der Waals surface area contributed by atoms with Gasteiger partial charge in [-0.3, -0.25) is 0 Å². The first-order valence-electron chi connectivity index (χ1n) is 6.72. The molecule has 0 fully saturated rings. The van der Waals surface area contributed by atoms with Gasteiger partial charge in [0.2, 0.25) is 0 Å². The van der Waals surface area contributed by atoms with Gasteiger partial charge in [0.25, 0.3) is 0 Å². The van der Waals surface area contributed by atoms with E-state index in [9.17, 15) is 0 Å². The van der Waals surface area contributed by atoms with Crippen molar-refractivity contribution in [2.24, 2.45) is 5.73 Å². The van der Waals surface area contributed by atoms with Crippen LogP contribution in [0.5, 0.6) is 0 Å². The second-order valence-corrected chi connectivity index (χ2v) is 4.44. The highest BCUT2D eigenvalue weighted by Gasteiger charge is 1.93. The molecule has 0 spiro atoms. The Labute approximate surface area is 96.1 Å². The van der Waals surface area contributed by atoms with E-state index in [1.54, 1.807) is 0 Å². The Hall–Kier alpha value is -0.460. The van der Waals surface area contributed by atoms with E-state index in [1.807, 2.05) is 13.0 Å². The van der Waals surface area contributed by atoms with Crippen LogP contribution in [0.15, 0.2) is 11.8 Å². The Morgan fingerprint density at radius 3 is 1.80 bits per heavy atom. The standard InChI is InChI=1S/C14H29N/c1-3-5-6-7-8-9-10-11-12-13-14(15)4-2/h4H,3,5-13,15H2,1-2H3. The molecule has 0 aliphatic heterocycles. The summed E-state index contributed by atoms with van der Waals surface area (Å²) in [5.74, 6) is 0. The molecule has 0 aromatic carbocycles. The van der Waals surface area contributed by atoms with Gasteiger partial charge in [-0.05, 0) is 19.8 Å². The van der Waals surface area contributed by atoms with Crippen LogP contribution in [0.3, 0.4) is 0 Å². The van der Waals surface area contributed by atoms with E-state index in [0.717, 1.165) is 12.1 Å². The summed E-state index contributed by atoms with van der Waals surface area (Å²) in [6.07, 6.45) is 15.6. The largest absolute Gasteiger partial charge is 0.402 e. The maximum absolute atomic E-state index is 5.73. The van der Waals surface area contributed by atoms with Crippen LogP contribution in [0.2, 0.25) is 0 Å². The van der Waals surface area contributed by atoms with Gasteiger partial charge in [-0.25, -0.2) is 0 Å². The molecule has 0 unspecified atom stereocenters. The summed E-state index contributed by atoms with van der Waals surface area (Å²) in [5.41, 5.74) is 6.78. The molecule has 0 heterocycles. The van der Waals surface area contributed by atoms with Gasteiger partial charge in [0.1, 0.15) is 0 Å². The highest BCUT2D eigenvalue weighted by molar-refractivity contribution is 4.92. The molecular weight excluding hydrogens is 182 g/mol. The summed E-state index contributed by atoms with van der Waals surface area (Å²) in [6, 6.07) is 0. The van der Waals surface area contributed by atoms with Crippen LogP contribution in [0.25, 0.3) is 0 Å². The second kappa shape index (κ2) is 11.6. The van der Waals surface area contributed by atoms with Gasteiger partial charge < -0.3 is 5.73 Å². The van der Waals surface area contributed by atoms with Crippen molar-refractivity contribution >= 4 is 0 Å². The van der Waals surface area contributed by atoms with E-state index in [0.29, 0.717) is 0 Å². The second-order valence-electron chi connectivity index (χ2n) is 4.44. The molecule has 0 aromatic heterocycles. The highest BCUT2D eigenvalue weighted by atomic mass is 14.6. The summed E-state index contributed by atoms with van der Waals surface area (Å²) in [4.78, 5) is 0. The lowest BCUT2D eigenvalue weighted by Crippen LogP contribution is -1.95. The quantitative estimate of drug-likeness (QED) is 0.517. The minimum atomic E-state index is 1.05. The Balaban J connectivity index is 2.99. The molecule has 0 saturated carbocycles. The van der Waals surface area contributed by atoms with Crippen LogP contribution >= 0.6 is 0 Å². The zero-order valence-electron chi connectivity index (χ0n) is 10.7. The summed E-state index contributed by atoms with van der Waals surface area (Å²) in [7, 11) is 0. The molecule has 1 nitrogen and oxygen atoms in total. The normalized spacial score (nSPS) is 12.0. The van der Waals surface area contributed by atoms with E-state index >= 15 is 0 Å². The van der Waals surface area contributed by atoms with Crippen LogP contribution in [0, 0.1) is 0 Å². The number of rotatable bonds is 10. The van der Waals surface area contributed by atoms with Crippen LogP contribution in [0.1, 0.15) is 78.1 Å². The van der Waals surface area contributed by atoms with Crippen LogP contribution < -0.4 is 5.73 Å². The van der Waals surface area contributed by atoms with E-state index < -0.39 is 0 Å². The lowest BCUT2D eigenvalue weighted by molar-refractivity contribution is 0.564. The lowest BCUT2D eigenvalue weighted by Gasteiger charge is -2.02. The molecule has 2 N–H and O–H groups in total. The first-order chi connectivity index (χ1) is 7.31. The zero-order chi connectivity index (χ0) is 11.4. The number of allylic oxidation sites excluding steroid dienone is 2. The molecule has 0 aliphatic carbocycles. The monoisotopic (exact) mass is 211 g/mol. The summed E-state index contributed by atoms with van der Waals surface area (Å²) in [6.45, 7) is 4.29. The molecule has 0 radical (unpaired) electrons. The molecule has 0 atom stereocenters. The number of unbranched alkanes of at least 4 members (excludes halogenated alkanes) is 8. The lowest BCUT2D eigenvalue weighted by atomic mass is 10.1. The molecule has 1 heteroatoms. The third-order valence-corrected chi connectivity index (χ3v) is 2.94. The summed E-state index contributed by atoms with van der Waals surface area (Å²) >= 11 is 0.